The summed E-state index contributed by atoms with van der Waals surface area (Å²) < 4.78 is 35.7. The van der Waals surface area contributed by atoms with Crippen LogP contribution in [0, 0.1) is 0 Å². The minimum atomic E-state index is -3.29. The number of nitrogens with zero attached hydrogens (tertiary/aromatic N) is 4. The van der Waals surface area contributed by atoms with Crippen molar-refractivity contribution in [3.05, 3.63) is 23.8 Å². The van der Waals surface area contributed by atoms with E-state index in [1.807, 2.05) is 11.8 Å². The molecule has 2 aromatic rings. The summed E-state index contributed by atoms with van der Waals surface area (Å²) in [4.78, 5) is 22.9. The number of ether oxygens (including phenoxy) is 2. The fourth-order valence-corrected chi connectivity index (χ4v) is 3.72. The van der Waals surface area contributed by atoms with Gasteiger partial charge >= 0.3 is 5.97 Å². The number of fused-ring (bicyclic) bond motifs is 1. The maximum absolute atomic E-state index is 12.2. The van der Waals surface area contributed by atoms with Gasteiger partial charge in [-0.15, -0.1) is 0 Å². The molecular formula is C16H22N4O5S. The number of sulfone groups is 1. The molecule has 1 aliphatic rings. The third kappa shape index (κ3) is 3.80. The molecule has 26 heavy (non-hydrogen) atoms. The van der Waals surface area contributed by atoms with Gasteiger partial charge in [0.15, 0.2) is 21.2 Å². The van der Waals surface area contributed by atoms with E-state index in [9.17, 15) is 13.2 Å². The van der Waals surface area contributed by atoms with Crippen LogP contribution in [0.5, 0.6) is 0 Å². The molecule has 0 aliphatic carbocycles. The fraction of sp³-hybridized carbons (Fsp3) is 0.562. The summed E-state index contributed by atoms with van der Waals surface area (Å²) in [5, 5.41) is 0. The summed E-state index contributed by atoms with van der Waals surface area (Å²) in [6.45, 7) is 5.67. The lowest BCUT2D eigenvalue weighted by Crippen LogP contribution is -2.44. The van der Waals surface area contributed by atoms with Gasteiger partial charge < -0.3 is 14.4 Å². The highest BCUT2D eigenvalue weighted by molar-refractivity contribution is 7.89. The lowest BCUT2D eigenvalue weighted by atomic mass is 10.2. The number of rotatable bonds is 5. The highest BCUT2D eigenvalue weighted by Crippen LogP contribution is 2.23. The zero-order valence-corrected chi connectivity index (χ0v) is 15.8. The van der Waals surface area contributed by atoms with Crippen molar-refractivity contribution in [2.45, 2.75) is 25.6 Å². The number of imidazole rings is 1. The van der Waals surface area contributed by atoms with Crippen LogP contribution in [-0.4, -0.2) is 67.4 Å². The van der Waals surface area contributed by atoms with Gasteiger partial charge in [-0.05, 0) is 13.8 Å². The summed E-state index contributed by atoms with van der Waals surface area (Å²) in [6.07, 6.45) is 2.57. The fourth-order valence-electron chi connectivity index (χ4n) is 2.96. The van der Waals surface area contributed by atoms with E-state index in [4.69, 9.17) is 9.47 Å². The zero-order valence-electron chi connectivity index (χ0n) is 15.0. The Balaban J connectivity index is 2.15. The highest BCUT2D eigenvalue weighted by atomic mass is 32.2. The number of anilines is 1. The second kappa shape index (κ2) is 7.20. The van der Waals surface area contributed by atoms with Gasteiger partial charge in [0.25, 0.3) is 0 Å². The van der Waals surface area contributed by atoms with E-state index in [1.165, 1.54) is 17.0 Å². The Labute approximate surface area is 151 Å². The van der Waals surface area contributed by atoms with Crippen molar-refractivity contribution in [1.82, 2.24) is 14.4 Å². The summed E-state index contributed by atoms with van der Waals surface area (Å²) in [5.74, 6) is -0.172. The van der Waals surface area contributed by atoms with Gasteiger partial charge in [0, 0.05) is 24.6 Å². The second-order valence-corrected chi connectivity index (χ2v) is 8.44. The maximum Gasteiger partial charge on any atom is 0.360 e. The van der Waals surface area contributed by atoms with E-state index < -0.39 is 15.8 Å². The van der Waals surface area contributed by atoms with E-state index in [0.717, 1.165) is 0 Å². The van der Waals surface area contributed by atoms with Crippen LogP contribution in [0.3, 0.4) is 0 Å². The van der Waals surface area contributed by atoms with Gasteiger partial charge in [0.1, 0.15) is 12.1 Å². The number of hydrogen-bond donors (Lipinski definition) is 0. The third-order valence-electron chi connectivity index (χ3n) is 4.11. The molecule has 0 saturated carbocycles. The van der Waals surface area contributed by atoms with Crippen molar-refractivity contribution < 1.29 is 22.7 Å². The average Bonchev–Trinajstić information content (AvgIpc) is 2.98. The highest BCUT2D eigenvalue weighted by Gasteiger charge is 2.25. The SMILES string of the molecule is CCOC(=O)c1ncn2c(CS(C)(=O)=O)cc(N3CCOC[C@H]3C)nc12. The molecule has 0 N–H and O–H groups in total. The van der Waals surface area contributed by atoms with Crippen molar-refractivity contribution in [3.8, 4) is 0 Å². The average molecular weight is 382 g/mol. The van der Waals surface area contributed by atoms with Gasteiger partial charge in [0.05, 0.1) is 31.6 Å². The smallest absolute Gasteiger partial charge is 0.360 e. The topological polar surface area (TPSA) is 103 Å². The molecule has 0 radical (unpaired) electrons. The molecule has 0 amide bonds. The Hall–Kier alpha value is -2.20. The first-order valence-corrected chi connectivity index (χ1v) is 10.4. The lowest BCUT2D eigenvalue weighted by Gasteiger charge is -2.34. The Morgan fingerprint density at radius 2 is 2.23 bits per heavy atom. The number of morpholine rings is 1. The van der Waals surface area contributed by atoms with Crippen LogP contribution in [0.15, 0.2) is 12.4 Å². The minimum Gasteiger partial charge on any atom is -0.461 e. The summed E-state index contributed by atoms with van der Waals surface area (Å²) >= 11 is 0. The normalized spacial score (nSPS) is 18.3. The predicted octanol–water partition coefficient (Wildman–Crippen LogP) is 0.676. The summed E-state index contributed by atoms with van der Waals surface area (Å²) in [5.41, 5.74) is 0.858. The van der Waals surface area contributed by atoms with Crippen LogP contribution >= 0.6 is 0 Å². The summed E-state index contributed by atoms with van der Waals surface area (Å²) in [6, 6.07) is 1.81. The maximum atomic E-state index is 12.2. The van der Waals surface area contributed by atoms with E-state index in [1.54, 1.807) is 13.0 Å². The van der Waals surface area contributed by atoms with Crippen LogP contribution < -0.4 is 4.90 Å². The van der Waals surface area contributed by atoms with Gasteiger partial charge in [-0.3, -0.25) is 4.40 Å². The van der Waals surface area contributed by atoms with Crippen molar-refractivity contribution in [2.24, 2.45) is 0 Å². The van der Waals surface area contributed by atoms with Crippen LogP contribution in [-0.2, 0) is 25.1 Å². The molecule has 10 heteroatoms. The first-order chi connectivity index (χ1) is 12.3. The number of carbonyl (C=O) groups excluding carboxylic acids is 1. The van der Waals surface area contributed by atoms with Crippen molar-refractivity contribution >= 4 is 27.3 Å². The number of hydrogen-bond acceptors (Lipinski definition) is 8. The molecule has 1 aliphatic heterocycles. The molecule has 9 nitrogen and oxygen atoms in total. The number of aromatic nitrogens is 3. The van der Waals surface area contributed by atoms with E-state index in [-0.39, 0.29) is 24.1 Å². The van der Waals surface area contributed by atoms with Gasteiger partial charge in [-0.2, -0.15) is 0 Å². The predicted molar refractivity (Wildman–Crippen MR) is 95.1 cm³/mol. The Kier molecular flexibility index (Phi) is 5.15. The molecule has 0 aromatic carbocycles. The first kappa shape index (κ1) is 18.6. The molecule has 0 bridgehead atoms. The van der Waals surface area contributed by atoms with Crippen molar-refractivity contribution in [2.75, 3.05) is 37.5 Å². The molecule has 0 spiro atoms. The molecule has 1 atom stereocenters. The monoisotopic (exact) mass is 382 g/mol. The third-order valence-corrected chi connectivity index (χ3v) is 4.93. The lowest BCUT2D eigenvalue weighted by molar-refractivity contribution is 0.0522. The van der Waals surface area contributed by atoms with Crippen molar-refractivity contribution in [3.63, 3.8) is 0 Å². The molecule has 2 aromatic heterocycles. The van der Waals surface area contributed by atoms with Crippen LogP contribution in [0.25, 0.3) is 5.65 Å². The second-order valence-electron chi connectivity index (χ2n) is 6.30. The largest absolute Gasteiger partial charge is 0.461 e. The first-order valence-electron chi connectivity index (χ1n) is 8.36. The Morgan fingerprint density at radius 3 is 2.88 bits per heavy atom. The van der Waals surface area contributed by atoms with Gasteiger partial charge in [-0.1, -0.05) is 0 Å². The minimum absolute atomic E-state index is 0.0735. The molecule has 3 rings (SSSR count). The molecule has 1 saturated heterocycles. The molecule has 3 heterocycles. The Morgan fingerprint density at radius 1 is 1.46 bits per heavy atom. The number of carbonyl (C=O) groups is 1. The van der Waals surface area contributed by atoms with Gasteiger partial charge in [-0.25, -0.2) is 23.2 Å². The Bertz CT molecular complexity index is 924. The van der Waals surface area contributed by atoms with E-state index in [0.29, 0.717) is 36.9 Å². The van der Waals surface area contributed by atoms with Crippen LogP contribution in [0.4, 0.5) is 5.82 Å². The van der Waals surface area contributed by atoms with E-state index in [2.05, 4.69) is 9.97 Å². The molecule has 0 unspecified atom stereocenters. The van der Waals surface area contributed by atoms with Crippen molar-refractivity contribution in [1.29, 1.82) is 0 Å². The summed E-state index contributed by atoms with van der Waals surface area (Å²) in [7, 11) is -3.29. The van der Waals surface area contributed by atoms with E-state index >= 15 is 0 Å². The quantitative estimate of drug-likeness (QED) is 0.696. The molecular weight excluding hydrogens is 360 g/mol. The zero-order chi connectivity index (χ0) is 18.9. The molecule has 1 fully saturated rings. The number of esters is 1. The van der Waals surface area contributed by atoms with Crippen LogP contribution in [0.1, 0.15) is 30.0 Å². The van der Waals surface area contributed by atoms with Gasteiger partial charge in [0.2, 0.25) is 0 Å². The molecule has 142 valence electrons. The van der Waals surface area contributed by atoms with Crippen LogP contribution in [0.2, 0.25) is 0 Å². The standard InChI is InChI=1S/C16H22N4O5S/c1-4-25-16(21)14-15-18-13(19-5-6-24-8-11(19)2)7-12(9-26(3,22)23)20(15)10-17-14/h7,10-11H,4-6,8-9H2,1-3H3/t11-/m1/s1.